The molecule has 0 radical (unpaired) electrons. The molecule has 18 N–H and O–H groups in total. The third kappa shape index (κ3) is 52.6. The zero-order valence-corrected chi connectivity index (χ0v) is 71.6. The van der Waals surface area contributed by atoms with Crippen LogP contribution in [0.3, 0.4) is 0 Å². The number of hydrogen-bond acceptors (Lipinski definition) is 31. The Morgan fingerprint density at radius 1 is 0.476 bits per heavy atom. The van der Waals surface area contributed by atoms with E-state index in [1.165, 1.54) is 37.4 Å². The summed E-state index contributed by atoms with van der Waals surface area (Å²) in [6.45, 7) is 2.78. The molecule has 2 fully saturated rings. The minimum atomic E-state index is -1.85. The number of nitrogens with two attached hydrogens (primary N) is 2. The minimum absolute atomic E-state index is 0.0208. The molecule has 2 aromatic carbocycles. The Morgan fingerprint density at radius 2 is 0.927 bits per heavy atom. The van der Waals surface area contributed by atoms with E-state index >= 15 is 0 Å². The van der Waals surface area contributed by atoms with Gasteiger partial charge in [-0.3, -0.25) is 76.9 Å². The van der Waals surface area contributed by atoms with Crippen LogP contribution >= 0.6 is 33.3 Å². The van der Waals surface area contributed by atoms with E-state index in [0.29, 0.717) is 50.8 Å². The van der Waals surface area contributed by atoms with Crippen LogP contribution in [-0.2, 0) is 131 Å². The van der Waals surface area contributed by atoms with Crippen LogP contribution in [0.25, 0.3) is 0 Å². The van der Waals surface area contributed by atoms with Crippen molar-refractivity contribution in [3.63, 3.8) is 0 Å². The molecule has 44 nitrogen and oxygen atoms in total. The van der Waals surface area contributed by atoms with Crippen LogP contribution in [-0.4, -0.2) is 356 Å². The predicted octanol–water partition coefficient (Wildman–Crippen LogP) is -5.89. The molecule has 7 atom stereocenters. The van der Waals surface area contributed by atoms with Crippen LogP contribution in [0.5, 0.6) is 0 Å². The first-order chi connectivity index (χ1) is 59.8. The van der Waals surface area contributed by atoms with Crippen molar-refractivity contribution in [2.75, 3.05) is 208 Å². The van der Waals surface area contributed by atoms with Gasteiger partial charge in [0.05, 0.1) is 131 Å². The summed E-state index contributed by atoms with van der Waals surface area (Å²) in [5.74, 6) is -14.2. The Kier molecular flexibility index (Phi) is 57.0. The number of thioether (sulfide) groups is 1. The first-order valence-corrected chi connectivity index (χ1v) is 43.5. The number of oxime groups is 1. The van der Waals surface area contributed by atoms with Crippen LogP contribution < -0.4 is 80.6 Å². The molecule has 13 amide bonds. The standard InChI is InChI=1S/C76H116FN17O27S3/c1-51(95)42-119-43-64(98)81-18-22-111-26-30-115-33-29-114-25-21-84-70(105)59-47-122-50-67(101)88-56(10-5-6-16-80-63(97)44-120-45-65(99)82-19-23-112-27-31-116-34-36-118-37-35-117-32-28-113-24-20-83-66(100)46-121-87-40-53-12-14-54(77)15-13-53)71(106)93-60-48-123-124-49-61(75(110)91-57(72(107)92-59)38-52-8-3-2-4-9-52)94-73(108)58(39-68(102)103)89-62(96)41-86-69(104)55(90-74(60)109)11-7-17-85-76(78)79/h2-4,8-9,12-15,40,55-61H,5-7,10-11,16-39,41-50H2,1H3,(H,80,97)(H,81,98)(H,82,99)(H,83,100)(H,84,105)(H,86,104)(H,88,101)(H,89,96)(H,90,109)(H,91,110)(H,92,107)(H,93,106)(H,94,108)(H,102,103)(H4,78,79,85)/b87-40-/t55-,56-,57-,58-,59-,60-,61-/m0/s1/i77-1. The van der Waals surface area contributed by atoms with Crippen molar-refractivity contribution in [1.82, 2.24) is 69.1 Å². The zero-order chi connectivity index (χ0) is 90.2. The molecule has 0 saturated carbocycles. The van der Waals surface area contributed by atoms with E-state index in [0.717, 1.165) is 33.3 Å². The van der Waals surface area contributed by atoms with E-state index < -0.39 is 151 Å². The molecule has 0 unspecified atom stereocenters. The molecule has 0 spiro atoms. The normalized spacial score (nSPS) is 18.5. The number of ketones is 1. The van der Waals surface area contributed by atoms with E-state index in [1.807, 2.05) is 0 Å². The van der Waals surface area contributed by atoms with Gasteiger partial charge in [0, 0.05) is 62.9 Å². The minimum Gasteiger partial charge on any atom is -0.481 e. The topological polar surface area (TPSA) is 611 Å². The zero-order valence-electron chi connectivity index (χ0n) is 69.1. The highest BCUT2D eigenvalue weighted by Crippen LogP contribution is 2.24. The number of carboxylic acid groups (broad SMARTS) is 1. The lowest BCUT2D eigenvalue weighted by atomic mass is 10.0. The molecule has 0 aromatic heterocycles. The number of ether oxygens (including phenoxy) is 10. The fourth-order valence-electron chi connectivity index (χ4n) is 10.5. The summed E-state index contributed by atoms with van der Waals surface area (Å²) < 4.78 is 67.3. The number of guanidine groups is 1. The van der Waals surface area contributed by atoms with Gasteiger partial charge in [-0.2, -0.15) is 0 Å². The number of aliphatic imine (C=N–C) groups is 1. The van der Waals surface area contributed by atoms with Gasteiger partial charge in [0.2, 0.25) is 70.9 Å². The van der Waals surface area contributed by atoms with Crippen molar-refractivity contribution in [2.24, 2.45) is 21.6 Å². The lowest BCUT2D eigenvalue weighted by Gasteiger charge is -2.27. The number of aliphatic carboxylic acids is 1. The highest BCUT2D eigenvalue weighted by Gasteiger charge is 2.36. The van der Waals surface area contributed by atoms with Crippen molar-refractivity contribution >= 4 is 134 Å². The fraction of sp³-hybridized carbons (Fsp3) is 0.618. The molecule has 2 heterocycles. The van der Waals surface area contributed by atoms with Gasteiger partial charge in [-0.25, -0.2) is 4.39 Å². The molecular weight excluding hydrogens is 1700 g/mol. The van der Waals surface area contributed by atoms with Crippen molar-refractivity contribution in [2.45, 2.75) is 94.2 Å². The second-order valence-electron chi connectivity index (χ2n) is 26.9. The van der Waals surface area contributed by atoms with Crippen molar-refractivity contribution in [3.05, 3.63) is 71.5 Å². The molecule has 2 bridgehead atoms. The van der Waals surface area contributed by atoms with Gasteiger partial charge >= 0.3 is 5.97 Å². The van der Waals surface area contributed by atoms with Gasteiger partial charge in [0.25, 0.3) is 5.91 Å². The van der Waals surface area contributed by atoms with Crippen molar-refractivity contribution < 1.29 is 134 Å². The van der Waals surface area contributed by atoms with E-state index in [4.69, 9.17) is 63.7 Å². The number of amides is 13. The molecule has 2 aliphatic heterocycles. The number of rotatable bonds is 56. The van der Waals surface area contributed by atoms with Gasteiger partial charge in [0.15, 0.2) is 18.3 Å². The quantitative estimate of drug-likeness (QED) is 0.00964. The number of carbonyl (C=O) groups is 15. The first kappa shape index (κ1) is 106. The molecular formula is C76H116FN17O27S3. The van der Waals surface area contributed by atoms with Gasteiger partial charge in [0.1, 0.15) is 74.5 Å². The third-order valence-corrected chi connectivity index (χ3v) is 20.1. The first-order valence-electron chi connectivity index (χ1n) is 39.9. The van der Waals surface area contributed by atoms with Crippen LogP contribution in [0.2, 0.25) is 0 Å². The maximum absolute atomic E-state index is 14.7. The average Bonchev–Trinajstić information content (AvgIpc) is 0.978. The largest absolute Gasteiger partial charge is 0.481 e. The Hall–Kier alpha value is -9.99. The molecule has 48 heteroatoms. The Labute approximate surface area is 728 Å². The van der Waals surface area contributed by atoms with Crippen LogP contribution in [0, 0.1) is 5.82 Å². The Bertz CT molecular complexity index is 3670. The molecule has 2 aromatic rings. The van der Waals surface area contributed by atoms with E-state index in [2.05, 4.69) is 79.3 Å². The van der Waals surface area contributed by atoms with E-state index in [-0.39, 0.29) is 204 Å². The Balaban J connectivity index is 1.35. The average molecular weight is 1810 g/mol. The number of unbranched alkanes of at least 4 members (excludes halogenated alkanes) is 1. The number of hydrogen-bond donors (Lipinski definition) is 16. The summed E-state index contributed by atoms with van der Waals surface area (Å²) >= 11 is 0.868. The van der Waals surface area contributed by atoms with Crippen LogP contribution in [0.15, 0.2) is 64.7 Å². The van der Waals surface area contributed by atoms with Gasteiger partial charge in [-0.1, -0.05) is 69.2 Å². The Morgan fingerprint density at radius 3 is 1.44 bits per heavy atom. The number of carbonyl (C=O) groups excluding carboxylic acids is 14. The van der Waals surface area contributed by atoms with E-state index in [1.54, 1.807) is 30.3 Å². The SMILES string of the molecule is CC(=O)COCC(=O)NCCOCCOCCOCCNC(=O)[C@@H]1CSCC(=O)N[C@@H](CCCCNC(=O)COCC(=O)NCCOCCOCCOCCOCCOCCNC(=O)CO/N=C\c2ccc([18F])cc2)C(=O)N[C@H]2CSSC[C@H](NC(=O)[C@H](CC(=O)O)NC(=O)CNC(=O)[C@H](CCCN=C(N)N)NC2=O)C(=O)N[C@@H](Cc2ccccc2)C(=O)N1. The third-order valence-electron chi connectivity index (χ3n) is 16.6. The van der Waals surface area contributed by atoms with Crippen LogP contribution in [0.4, 0.5) is 4.39 Å². The second kappa shape index (κ2) is 66.5. The van der Waals surface area contributed by atoms with Crippen molar-refractivity contribution in [1.29, 1.82) is 0 Å². The monoisotopic (exact) mass is 1810 g/mol. The fourth-order valence-corrected chi connectivity index (χ4v) is 13.7. The molecule has 2 aliphatic rings. The maximum atomic E-state index is 14.7. The van der Waals surface area contributed by atoms with Crippen LogP contribution in [0.1, 0.15) is 56.6 Å². The predicted molar refractivity (Wildman–Crippen MR) is 449 cm³/mol. The molecule has 4 rings (SSSR count). The van der Waals surface area contributed by atoms with Crippen molar-refractivity contribution in [3.8, 4) is 0 Å². The summed E-state index contributed by atoms with van der Waals surface area (Å²) in [4.78, 5) is 210. The summed E-state index contributed by atoms with van der Waals surface area (Å²) in [5.41, 5.74) is 12.2. The number of nitrogens with zero attached hydrogens (tertiary/aromatic N) is 2. The van der Waals surface area contributed by atoms with Gasteiger partial charge in [-0.05, 0) is 62.3 Å². The smallest absolute Gasteiger partial charge is 0.305 e. The molecule has 2 saturated heterocycles. The summed E-state index contributed by atoms with van der Waals surface area (Å²) in [6.07, 6.45) is 0.318. The molecule has 0 aliphatic carbocycles. The number of halogens is 1. The summed E-state index contributed by atoms with van der Waals surface area (Å²) in [7, 11) is 1.78. The maximum Gasteiger partial charge on any atom is 0.305 e. The molecule has 692 valence electrons. The number of benzene rings is 2. The second-order valence-corrected chi connectivity index (χ2v) is 30.5. The molecule has 124 heavy (non-hydrogen) atoms. The van der Waals surface area contributed by atoms with Gasteiger partial charge < -0.3 is 138 Å². The summed E-state index contributed by atoms with van der Waals surface area (Å²) in [5, 5.41) is 47.2. The number of fused-ring (bicyclic) bond motifs is 5. The number of carboxylic acids is 1. The van der Waals surface area contributed by atoms with Gasteiger partial charge in [-0.15, -0.1) is 11.8 Å². The highest BCUT2D eigenvalue weighted by atomic mass is 33.1. The lowest BCUT2D eigenvalue weighted by Crippen LogP contribution is -2.60. The number of nitrogens with one attached hydrogen (secondary N) is 13. The van der Waals surface area contributed by atoms with E-state index in [9.17, 15) is 81.4 Å². The number of Topliss-reactive ketones (excluding diaryl/α,β-unsaturated/α-hetero) is 1. The lowest BCUT2D eigenvalue weighted by molar-refractivity contribution is -0.141. The highest BCUT2D eigenvalue weighted by molar-refractivity contribution is 8.76. The summed E-state index contributed by atoms with van der Waals surface area (Å²) in [6, 6.07) is 3.12.